The van der Waals surface area contributed by atoms with E-state index in [0.29, 0.717) is 3.70 Å². The minimum absolute atomic E-state index is 0.178. The first-order chi connectivity index (χ1) is 9.77. The molecule has 1 N–H and O–H groups in total. The Labute approximate surface area is 129 Å². The molecule has 0 unspecified atom stereocenters. The van der Waals surface area contributed by atoms with E-state index in [0.717, 1.165) is 18.2 Å². The number of carbonyl (C=O) groups is 1. The Kier molecular flexibility index (Phi) is 4.30. The number of ether oxygens (including phenoxy) is 1. The van der Waals surface area contributed by atoms with Gasteiger partial charge < -0.3 is 9.84 Å². The monoisotopic (exact) mass is 410 g/mol. The maximum absolute atomic E-state index is 12.6. The van der Waals surface area contributed by atoms with Crippen molar-refractivity contribution >= 4 is 28.6 Å². The molecule has 2 rings (SSSR count). The van der Waals surface area contributed by atoms with E-state index in [9.17, 15) is 18.0 Å². The maximum atomic E-state index is 12.6. The molecule has 2 aromatic rings. The molecule has 1 aromatic heterocycles. The lowest BCUT2D eigenvalue weighted by molar-refractivity contribution is -0.137. The quantitative estimate of drug-likeness (QED) is 0.784. The van der Waals surface area contributed by atoms with Crippen LogP contribution in [0.2, 0.25) is 0 Å². The zero-order chi connectivity index (χ0) is 15.6. The second kappa shape index (κ2) is 5.84. The molecule has 0 saturated carbocycles. The van der Waals surface area contributed by atoms with Gasteiger partial charge in [-0.3, -0.25) is 0 Å². The number of carboxylic acids is 1. The summed E-state index contributed by atoms with van der Waals surface area (Å²) in [6.45, 7) is 0. The average Bonchev–Trinajstić information content (AvgIpc) is 2.40. The fraction of sp³-hybridized carbons (Fsp3) is 0.0833. The molecule has 110 valence electrons. The molecule has 0 atom stereocenters. The Hall–Kier alpha value is -1.91. The van der Waals surface area contributed by atoms with Crippen molar-refractivity contribution in [2.75, 3.05) is 0 Å². The van der Waals surface area contributed by atoms with Gasteiger partial charge in [-0.1, -0.05) is 6.07 Å². The molecule has 0 spiro atoms. The molecule has 0 fully saturated rings. The molecule has 0 aliphatic carbocycles. The lowest BCUT2D eigenvalue weighted by Gasteiger charge is -2.10. The molecule has 0 radical (unpaired) electrons. The first kappa shape index (κ1) is 15.5. The van der Waals surface area contributed by atoms with Crippen LogP contribution < -0.4 is 4.74 Å². The first-order valence-corrected chi connectivity index (χ1v) is 6.47. The van der Waals surface area contributed by atoms with Crippen molar-refractivity contribution in [1.82, 2.24) is 10.2 Å². The van der Waals surface area contributed by atoms with E-state index in [4.69, 9.17) is 9.84 Å². The molecule has 9 heteroatoms. The summed E-state index contributed by atoms with van der Waals surface area (Å²) in [4.78, 5) is 11.1. The van der Waals surface area contributed by atoms with Crippen molar-refractivity contribution in [3.05, 3.63) is 45.2 Å². The van der Waals surface area contributed by atoms with E-state index in [1.807, 2.05) is 0 Å². The standard InChI is InChI=1S/C12H6F3IN2O3/c13-12(14,15)6-2-1-3-7(4-6)21-10-8(11(19)20)5-9(16)17-18-10/h1-5H,(H,19,20). The van der Waals surface area contributed by atoms with Crippen molar-refractivity contribution in [1.29, 1.82) is 0 Å². The van der Waals surface area contributed by atoms with Crippen molar-refractivity contribution < 1.29 is 27.8 Å². The van der Waals surface area contributed by atoms with E-state index in [1.54, 1.807) is 22.6 Å². The molecule has 0 bridgehead atoms. The normalized spacial score (nSPS) is 11.2. The number of rotatable bonds is 3. The summed E-state index contributed by atoms with van der Waals surface area (Å²) >= 11 is 1.76. The van der Waals surface area contributed by atoms with Crippen LogP contribution in [-0.2, 0) is 6.18 Å². The third-order valence-corrected chi connectivity index (χ3v) is 2.86. The van der Waals surface area contributed by atoms with Crippen molar-refractivity contribution in [2.45, 2.75) is 6.18 Å². The predicted octanol–water partition coefficient (Wildman–Crippen LogP) is 3.59. The summed E-state index contributed by atoms with van der Waals surface area (Å²) in [5.41, 5.74) is -1.19. The summed E-state index contributed by atoms with van der Waals surface area (Å²) in [6.07, 6.45) is -4.52. The van der Waals surface area contributed by atoms with Gasteiger partial charge in [-0.2, -0.15) is 13.2 Å². The highest BCUT2D eigenvalue weighted by molar-refractivity contribution is 14.1. The predicted molar refractivity (Wildman–Crippen MR) is 73.2 cm³/mol. The summed E-state index contributed by atoms with van der Waals surface area (Å²) in [7, 11) is 0. The molecule has 0 aliphatic heterocycles. The van der Waals surface area contributed by atoms with Crippen LogP contribution in [-0.4, -0.2) is 21.3 Å². The van der Waals surface area contributed by atoms with Gasteiger partial charge in [0.2, 0.25) is 0 Å². The van der Waals surface area contributed by atoms with E-state index >= 15 is 0 Å². The van der Waals surface area contributed by atoms with E-state index in [-0.39, 0.29) is 17.2 Å². The number of halogens is 4. The molecular weight excluding hydrogens is 404 g/mol. The van der Waals surface area contributed by atoms with Crippen LogP contribution in [0.5, 0.6) is 11.6 Å². The fourth-order valence-electron chi connectivity index (χ4n) is 1.43. The summed E-state index contributed by atoms with van der Waals surface area (Å²) in [5, 5.41) is 16.2. The Morgan fingerprint density at radius 2 is 1.95 bits per heavy atom. The molecule has 0 aliphatic rings. The number of alkyl halides is 3. The SMILES string of the molecule is O=C(O)c1cc(I)nnc1Oc1cccc(C(F)(F)F)c1. The van der Waals surface area contributed by atoms with Crippen LogP contribution in [0.1, 0.15) is 15.9 Å². The smallest absolute Gasteiger partial charge is 0.416 e. The minimum Gasteiger partial charge on any atom is -0.477 e. The Bertz CT molecular complexity index is 692. The zero-order valence-electron chi connectivity index (χ0n) is 10.1. The highest BCUT2D eigenvalue weighted by Crippen LogP contribution is 2.32. The van der Waals surface area contributed by atoms with Gasteiger partial charge in [0.15, 0.2) is 0 Å². The minimum atomic E-state index is -4.52. The second-order valence-electron chi connectivity index (χ2n) is 3.82. The van der Waals surface area contributed by atoms with Gasteiger partial charge in [-0.15, -0.1) is 10.2 Å². The number of hydrogen-bond acceptors (Lipinski definition) is 4. The molecule has 0 saturated heterocycles. The number of hydrogen-bond donors (Lipinski definition) is 1. The van der Waals surface area contributed by atoms with Gasteiger partial charge in [0.1, 0.15) is 15.0 Å². The topological polar surface area (TPSA) is 72.3 Å². The molecule has 1 heterocycles. The highest BCUT2D eigenvalue weighted by atomic mass is 127. The number of benzene rings is 1. The summed E-state index contributed by atoms with van der Waals surface area (Å²) in [5.74, 6) is -1.87. The van der Waals surface area contributed by atoms with Gasteiger partial charge in [0.25, 0.3) is 5.88 Å². The van der Waals surface area contributed by atoms with Crippen LogP contribution in [0.3, 0.4) is 0 Å². The lowest BCUT2D eigenvalue weighted by atomic mass is 10.2. The largest absolute Gasteiger partial charge is 0.477 e. The van der Waals surface area contributed by atoms with Crippen molar-refractivity contribution in [2.24, 2.45) is 0 Å². The van der Waals surface area contributed by atoms with Gasteiger partial charge in [0, 0.05) is 0 Å². The van der Waals surface area contributed by atoms with Gasteiger partial charge in [0.05, 0.1) is 5.56 Å². The highest BCUT2D eigenvalue weighted by Gasteiger charge is 2.30. The van der Waals surface area contributed by atoms with E-state index < -0.39 is 17.7 Å². The number of carboxylic acid groups (broad SMARTS) is 1. The van der Waals surface area contributed by atoms with Crippen LogP contribution in [0, 0.1) is 3.70 Å². The van der Waals surface area contributed by atoms with Crippen LogP contribution in [0.15, 0.2) is 30.3 Å². The fourth-order valence-corrected chi connectivity index (χ4v) is 1.85. The number of aromatic carboxylic acids is 1. The van der Waals surface area contributed by atoms with Crippen LogP contribution in [0.4, 0.5) is 13.2 Å². The van der Waals surface area contributed by atoms with Gasteiger partial charge in [-0.05, 0) is 46.9 Å². The third kappa shape index (κ3) is 3.80. The van der Waals surface area contributed by atoms with Gasteiger partial charge >= 0.3 is 12.1 Å². The first-order valence-electron chi connectivity index (χ1n) is 5.39. The average molecular weight is 410 g/mol. The molecular formula is C12H6F3IN2O3. The molecule has 1 aromatic carbocycles. The number of nitrogens with zero attached hydrogens (tertiary/aromatic N) is 2. The second-order valence-corrected chi connectivity index (χ2v) is 4.92. The lowest BCUT2D eigenvalue weighted by Crippen LogP contribution is -2.06. The van der Waals surface area contributed by atoms with E-state index in [2.05, 4.69) is 10.2 Å². The third-order valence-electron chi connectivity index (χ3n) is 2.34. The summed E-state index contributed by atoms with van der Waals surface area (Å²) in [6, 6.07) is 5.26. The maximum Gasteiger partial charge on any atom is 0.416 e. The Balaban J connectivity index is 2.37. The van der Waals surface area contributed by atoms with E-state index in [1.165, 1.54) is 12.1 Å². The molecule has 5 nitrogen and oxygen atoms in total. The van der Waals surface area contributed by atoms with Crippen LogP contribution >= 0.6 is 22.6 Å². The number of aromatic nitrogens is 2. The van der Waals surface area contributed by atoms with Crippen molar-refractivity contribution in [3.63, 3.8) is 0 Å². The molecule has 21 heavy (non-hydrogen) atoms. The van der Waals surface area contributed by atoms with Gasteiger partial charge in [-0.25, -0.2) is 4.79 Å². The zero-order valence-corrected chi connectivity index (χ0v) is 12.2. The summed E-state index contributed by atoms with van der Waals surface area (Å²) < 4.78 is 43.2. The van der Waals surface area contributed by atoms with Crippen molar-refractivity contribution in [3.8, 4) is 11.6 Å². The Morgan fingerprint density at radius 3 is 2.57 bits per heavy atom. The molecule has 0 amide bonds. The van der Waals surface area contributed by atoms with Crippen LogP contribution in [0.25, 0.3) is 0 Å². The Morgan fingerprint density at radius 1 is 1.24 bits per heavy atom.